The van der Waals surface area contributed by atoms with Gasteiger partial charge >= 0.3 is 0 Å². The molecule has 0 aliphatic carbocycles. The first-order chi connectivity index (χ1) is 30.0. The lowest BCUT2D eigenvalue weighted by molar-refractivity contribution is -0.292. The van der Waals surface area contributed by atoms with Crippen LogP contribution in [0.4, 0.5) is 0 Å². The Labute approximate surface area is 381 Å². The van der Waals surface area contributed by atoms with Crippen LogP contribution in [0.25, 0.3) is 0 Å². The average Bonchev–Trinajstić information content (AvgIpc) is 3.92. The van der Waals surface area contributed by atoms with Gasteiger partial charge in [0.15, 0.2) is 14.1 Å². The topological polar surface area (TPSA) is 83.1 Å². The van der Waals surface area contributed by atoms with Gasteiger partial charge in [0, 0.05) is 25.9 Å². The summed E-state index contributed by atoms with van der Waals surface area (Å²) in [7, 11) is -1.82. The van der Waals surface area contributed by atoms with Crippen molar-refractivity contribution in [1.82, 2.24) is 0 Å². The zero-order chi connectivity index (χ0) is 44.4. The third-order valence-corrected chi connectivity index (χ3v) is 21.9. The molecule has 352 valence electrons. The van der Waals surface area contributed by atoms with Crippen molar-refractivity contribution in [3.8, 4) is 0 Å². The fourth-order valence-electron chi connectivity index (χ4n) is 12.4. The van der Waals surface area contributed by atoms with Crippen molar-refractivity contribution in [2.75, 3.05) is 6.61 Å². The summed E-state index contributed by atoms with van der Waals surface area (Å²) in [6, 6.07) is 11.0. The van der Waals surface area contributed by atoms with E-state index < -0.39 is 14.1 Å². The predicted octanol–water partition coefficient (Wildman–Crippen LogP) is 10.7. The van der Waals surface area contributed by atoms with E-state index in [9.17, 15) is 0 Å². The normalized spacial score (nSPS) is 44.0. The van der Waals surface area contributed by atoms with Crippen LogP contribution in [0.15, 0.2) is 54.6 Å². The average molecular weight is 891 g/mol. The Hall–Kier alpha value is -1.44. The number of benzene rings is 1. The van der Waals surface area contributed by atoms with E-state index in [2.05, 4.69) is 105 Å². The van der Waals surface area contributed by atoms with E-state index >= 15 is 0 Å². The van der Waals surface area contributed by atoms with Crippen LogP contribution in [0.1, 0.15) is 131 Å². The van der Waals surface area contributed by atoms with Gasteiger partial charge in [-0.2, -0.15) is 0 Å². The summed E-state index contributed by atoms with van der Waals surface area (Å²) in [5, 5.41) is 0.203. The van der Waals surface area contributed by atoms with Crippen molar-refractivity contribution in [1.29, 1.82) is 0 Å². The van der Waals surface area contributed by atoms with E-state index in [-0.39, 0.29) is 90.5 Å². The van der Waals surface area contributed by atoms with Gasteiger partial charge in [0.25, 0.3) is 0 Å². The van der Waals surface area contributed by atoms with Crippen LogP contribution in [-0.4, -0.2) is 106 Å². The molecule has 10 rings (SSSR count). The van der Waals surface area contributed by atoms with Crippen molar-refractivity contribution in [2.45, 2.75) is 241 Å². The lowest BCUT2D eigenvalue weighted by Crippen LogP contribution is -2.61. The van der Waals surface area contributed by atoms with Crippen LogP contribution in [-0.2, 0) is 48.7 Å². The molecular formula is C53H82O9Si. The van der Waals surface area contributed by atoms with Crippen LogP contribution < -0.4 is 0 Å². The maximum Gasteiger partial charge on any atom is 0.191 e. The fourth-order valence-corrected chi connectivity index (χ4v) is 13.5. The van der Waals surface area contributed by atoms with Gasteiger partial charge < -0.3 is 42.3 Å². The van der Waals surface area contributed by atoms with Crippen LogP contribution in [0.5, 0.6) is 0 Å². The summed E-state index contributed by atoms with van der Waals surface area (Å²) in [6.45, 7) is 30.9. The molecule has 9 heterocycles. The molecule has 1 aromatic rings. The molecular weight excluding hydrogens is 809 g/mol. The molecule has 0 radical (unpaired) electrons. The van der Waals surface area contributed by atoms with Gasteiger partial charge in [0.1, 0.15) is 30.5 Å². The molecule has 0 aromatic heterocycles. The van der Waals surface area contributed by atoms with Crippen LogP contribution >= 0.6 is 0 Å². The van der Waals surface area contributed by atoms with Gasteiger partial charge in [0.2, 0.25) is 0 Å². The first kappa shape index (κ1) is 46.7. The molecule has 9 saturated heterocycles. The maximum atomic E-state index is 7.14. The summed E-state index contributed by atoms with van der Waals surface area (Å²) in [5.74, 6) is 0.973. The highest BCUT2D eigenvalue weighted by atomic mass is 28.4. The molecule has 19 atom stereocenters. The highest BCUT2D eigenvalue weighted by Gasteiger charge is 2.68. The third-order valence-electron chi connectivity index (χ3n) is 17.4. The molecule has 0 spiro atoms. The minimum atomic E-state index is -1.82. The minimum Gasteiger partial charge on any atom is -0.417 e. The minimum absolute atomic E-state index is 0.0122. The van der Waals surface area contributed by atoms with Crippen molar-refractivity contribution in [3.05, 3.63) is 60.2 Å². The van der Waals surface area contributed by atoms with E-state index in [1.54, 1.807) is 0 Å². The third kappa shape index (κ3) is 9.67. The summed E-state index contributed by atoms with van der Waals surface area (Å²) >= 11 is 0. The summed E-state index contributed by atoms with van der Waals surface area (Å²) in [4.78, 5) is 0. The second-order valence-corrected chi connectivity index (χ2v) is 27.8. The van der Waals surface area contributed by atoms with E-state index in [0.717, 1.165) is 90.1 Å². The van der Waals surface area contributed by atoms with Crippen LogP contribution in [0, 0.1) is 23.7 Å². The Morgan fingerprint density at radius 1 is 0.794 bits per heavy atom. The lowest BCUT2D eigenvalue weighted by atomic mass is 9.78. The molecule has 10 heteroatoms. The first-order valence-corrected chi connectivity index (χ1v) is 28.2. The van der Waals surface area contributed by atoms with Gasteiger partial charge in [-0.25, -0.2) is 0 Å². The van der Waals surface area contributed by atoms with Gasteiger partial charge in [-0.3, -0.25) is 0 Å². The molecule has 9 aliphatic heterocycles. The van der Waals surface area contributed by atoms with Crippen molar-refractivity contribution >= 4 is 8.32 Å². The SMILES string of the molecule is C=C1C(C[C@@H]2O[C@H](C[C@H](C)CO[Si](C)(C)C(C)(C)C)[C@H](C)[C@H]2Cc2ccccc2)OC(CC[C@@H]2O[C@@H](CC[C@@]34C[C@H]5O[C@H]6C(O3)[C@H]3O[C@@H](CC)CC[C@@H]3O[C@H]6C5O4)CC2=C)C[C@H]1C. The standard InChI is InChI=1S/C53H82O9Si/c1-12-37-18-21-42-47(57-37)51-50-49(59-42)48-46(60-50)29-53(61-48,62-51)23-22-39-26-33(4)41(55-39)20-19-38-25-32(3)34(5)44(56-38)28-45-40(27-36-16-14-13-15-17-36)35(6)43(58-45)24-31(2)30-54-63(10,11)52(7,8)9/h13-17,31-32,35,37-51H,4-5,12,18-30H2,1-3,6-11H3/t31-,32+,35+,37-,38?,39-,40+,41-,42-,43+,44?,45-,46+,47-,48?,49-,50+,51?,53-/m0/s1. The Bertz CT molecular complexity index is 1750. The number of rotatable bonds is 16. The Balaban J connectivity index is 0.789. The van der Waals surface area contributed by atoms with Gasteiger partial charge in [0.05, 0.1) is 54.9 Å². The summed E-state index contributed by atoms with van der Waals surface area (Å²) in [5.41, 5.74) is 3.79. The van der Waals surface area contributed by atoms with Gasteiger partial charge in [-0.1, -0.05) is 92.0 Å². The summed E-state index contributed by atoms with van der Waals surface area (Å²) in [6.07, 6.45) is 12.3. The quantitative estimate of drug-likeness (QED) is 0.119. The van der Waals surface area contributed by atoms with Crippen LogP contribution in [0.2, 0.25) is 18.1 Å². The highest BCUT2D eigenvalue weighted by Crippen LogP contribution is 2.54. The van der Waals surface area contributed by atoms with E-state index in [1.807, 2.05) is 0 Å². The maximum absolute atomic E-state index is 7.14. The first-order valence-electron chi connectivity index (χ1n) is 25.3. The van der Waals surface area contributed by atoms with E-state index in [0.29, 0.717) is 23.7 Å². The molecule has 9 fully saturated rings. The predicted molar refractivity (Wildman–Crippen MR) is 248 cm³/mol. The number of hydrogen-bond donors (Lipinski definition) is 0. The number of hydrogen-bond acceptors (Lipinski definition) is 9. The van der Waals surface area contributed by atoms with Crippen molar-refractivity contribution < 1.29 is 42.3 Å². The summed E-state index contributed by atoms with van der Waals surface area (Å²) < 4.78 is 61.3. The van der Waals surface area contributed by atoms with E-state index in [1.165, 1.54) is 16.7 Å². The molecule has 6 bridgehead atoms. The fraction of sp³-hybridized carbons (Fsp3) is 0.811. The smallest absolute Gasteiger partial charge is 0.191 e. The highest BCUT2D eigenvalue weighted by molar-refractivity contribution is 6.74. The molecule has 0 amide bonds. The zero-order valence-corrected chi connectivity index (χ0v) is 41.3. The monoisotopic (exact) mass is 891 g/mol. The Morgan fingerprint density at radius 3 is 2.29 bits per heavy atom. The second kappa shape index (κ2) is 18.6. The molecule has 0 saturated carbocycles. The number of ether oxygens (including phenoxy) is 8. The van der Waals surface area contributed by atoms with Gasteiger partial charge in [-0.15, -0.1) is 0 Å². The molecule has 1 aromatic carbocycles. The Kier molecular flexibility index (Phi) is 13.8. The molecule has 9 aliphatic rings. The van der Waals surface area contributed by atoms with E-state index in [4.69, 9.17) is 42.3 Å². The molecule has 0 N–H and O–H groups in total. The zero-order valence-electron chi connectivity index (χ0n) is 40.3. The lowest BCUT2D eigenvalue weighted by Gasteiger charge is -2.47. The van der Waals surface area contributed by atoms with Crippen molar-refractivity contribution in [3.63, 3.8) is 0 Å². The molecule has 4 unspecified atom stereocenters. The van der Waals surface area contributed by atoms with Gasteiger partial charge in [-0.05, 0) is 123 Å². The van der Waals surface area contributed by atoms with Crippen LogP contribution in [0.3, 0.4) is 0 Å². The van der Waals surface area contributed by atoms with Crippen molar-refractivity contribution in [2.24, 2.45) is 23.7 Å². The Morgan fingerprint density at radius 2 is 1.52 bits per heavy atom. The molecule has 63 heavy (non-hydrogen) atoms. The largest absolute Gasteiger partial charge is 0.417 e. The second-order valence-electron chi connectivity index (χ2n) is 23.0. The molecule has 9 nitrogen and oxygen atoms in total. The number of fused-ring (bicyclic) bond motifs is 1.